The maximum Gasteiger partial charge on any atom is 0.294 e. The van der Waals surface area contributed by atoms with E-state index < -0.39 is 10.1 Å². The van der Waals surface area contributed by atoms with E-state index in [1.165, 1.54) is 41.9 Å². The smallest absolute Gasteiger partial charge is 0.294 e. The van der Waals surface area contributed by atoms with Crippen LogP contribution in [0.3, 0.4) is 0 Å². The van der Waals surface area contributed by atoms with Gasteiger partial charge in [-0.25, -0.2) is 9.30 Å². The first-order valence-electron chi connectivity index (χ1n) is 8.82. The number of rotatable bonds is 6. The topological polar surface area (TPSA) is 124 Å². The van der Waals surface area contributed by atoms with Crippen LogP contribution in [0.25, 0.3) is 10.7 Å². The zero-order valence-electron chi connectivity index (χ0n) is 15.8. The van der Waals surface area contributed by atoms with Crippen molar-refractivity contribution in [1.82, 2.24) is 14.8 Å². The Morgan fingerprint density at radius 1 is 1.13 bits per heavy atom. The van der Waals surface area contributed by atoms with Crippen LogP contribution >= 0.6 is 11.3 Å². The molecule has 11 heteroatoms. The van der Waals surface area contributed by atoms with Gasteiger partial charge in [-0.2, -0.15) is 8.42 Å². The number of benzene rings is 2. The monoisotopic (exact) mass is 443 g/mol. The van der Waals surface area contributed by atoms with Crippen LogP contribution in [-0.2, 0) is 16.7 Å². The molecule has 4 rings (SSSR count). The van der Waals surface area contributed by atoms with Crippen LogP contribution in [0.15, 0.2) is 65.8 Å². The molecular formula is C19H17N5O4S2. The van der Waals surface area contributed by atoms with Crippen LogP contribution in [0, 0.1) is 12.1 Å². The molecule has 2 aromatic carbocycles. The van der Waals surface area contributed by atoms with Crippen LogP contribution in [0.5, 0.6) is 0 Å². The number of nitrogens with zero attached hydrogens (tertiary/aromatic N) is 4. The minimum atomic E-state index is -4.25. The number of imidazole rings is 1. The molecule has 0 saturated heterocycles. The van der Waals surface area contributed by atoms with Crippen molar-refractivity contribution in [3.63, 3.8) is 0 Å². The first-order valence-corrected chi connectivity index (χ1v) is 11.1. The van der Waals surface area contributed by atoms with Crippen LogP contribution in [0.2, 0.25) is 0 Å². The van der Waals surface area contributed by atoms with Gasteiger partial charge in [0.15, 0.2) is 10.7 Å². The highest BCUT2D eigenvalue weighted by Gasteiger charge is 2.22. The fourth-order valence-electron chi connectivity index (χ4n) is 2.96. The van der Waals surface area contributed by atoms with Gasteiger partial charge in [-0.1, -0.05) is 41.7 Å². The highest BCUT2D eigenvalue weighted by molar-refractivity contribution is 7.85. The standard InChI is InChI=1S/C19H17N5O4S2/c1-13-17(24(25)12-23(13)11-14-5-3-2-4-6-14)18-21-22-19(29-18)20-15-7-9-16(10-8-15)30(26,27)28/h2-10,12H,11H2,1H3,(H,20,22)(H,26,27,28). The largest absolute Gasteiger partial charge is 0.710 e. The molecule has 0 amide bonds. The summed E-state index contributed by atoms with van der Waals surface area (Å²) < 4.78 is 33.9. The molecule has 2 N–H and O–H groups in total. The Morgan fingerprint density at radius 3 is 2.50 bits per heavy atom. The van der Waals surface area contributed by atoms with Crippen molar-refractivity contribution in [1.29, 1.82) is 0 Å². The number of nitrogens with one attached hydrogen (secondary N) is 1. The maximum atomic E-state index is 12.5. The molecule has 2 aromatic heterocycles. The molecule has 0 unspecified atom stereocenters. The van der Waals surface area contributed by atoms with E-state index in [4.69, 9.17) is 4.55 Å². The normalized spacial score (nSPS) is 11.5. The Bertz CT molecular complexity index is 1280. The van der Waals surface area contributed by atoms with Gasteiger partial charge in [0.25, 0.3) is 10.1 Å². The molecule has 0 fully saturated rings. The Labute approximate surface area is 176 Å². The SMILES string of the molecule is Cc1c(-c2nnc(Nc3ccc(S(=O)(=O)O)cc3)s2)[n+]([O-])cn1Cc1ccccc1. The summed E-state index contributed by atoms with van der Waals surface area (Å²) >= 11 is 1.20. The van der Waals surface area contributed by atoms with Gasteiger partial charge in [0, 0.05) is 12.6 Å². The van der Waals surface area contributed by atoms with Crippen molar-refractivity contribution >= 4 is 32.3 Å². The Morgan fingerprint density at radius 2 is 1.83 bits per heavy atom. The lowest BCUT2D eigenvalue weighted by molar-refractivity contribution is -0.593. The Balaban J connectivity index is 1.55. The average Bonchev–Trinajstić information content (AvgIpc) is 3.26. The number of hydrogen-bond acceptors (Lipinski definition) is 7. The quantitative estimate of drug-likeness (QED) is 0.267. The molecule has 154 valence electrons. The summed E-state index contributed by atoms with van der Waals surface area (Å²) in [5.41, 5.74) is 2.85. The second kappa shape index (κ2) is 7.86. The van der Waals surface area contributed by atoms with Crippen LogP contribution < -0.4 is 10.0 Å². The molecule has 0 saturated carbocycles. The molecule has 30 heavy (non-hydrogen) atoms. The van der Waals surface area contributed by atoms with E-state index in [0.717, 1.165) is 16.0 Å². The number of aromatic nitrogens is 4. The molecule has 9 nitrogen and oxygen atoms in total. The third-order valence-corrected chi connectivity index (χ3v) is 6.18. The first kappa shape index (κ1) is 20.0. The van der Waals surface area contributed by atoms with Gasteiger partial charge >= 0.3 is 0 Å². The molecule has 0 aliphatic heterocycles. The second-order valence-corrected chi connectivity index (χ2v) is 8.92. The van der Waals surface area contributed by atoms with Crippen LogP contribution in [0.4, 0.5) is 10.8 Å². The van der Waals surface area contributed by atoms with Gasteiger partial charge in [0.1, 0.15) is 6.54 Å². The van der Waals surface area contributed by atoms with Gasteiger partial charge in [0.2, 0.25) is 17.2 Å². The minimum Gasteiger partial charge on any atom is -0.710 e. The lowest BCUT2D eigenvalue weighted by Crippen LogP contribution is -2.25. The molecule has 0 aliphatic carbocycles. The second-order valence-electron chi connectivity index (χ2n) is 6.53. The lowest BCUT2D eigenvalue weighted by Gasteiger charge is -2.02. The van der Waals surface area contributed by atoms with Crippen molar-refractivity contribution in [2.45, 2.75) is 18.4 Å². The summed E-state index contributed by atoms with van der Waals surface area (Å²) in [6.45, 7) is 2.42. The minimum absolute atomic E-state index is 0.200. The predicted molar refractivity (Wildman–Crippen MR) is 112 cm³/mol. The van der Waals surface area contributed by atoms with E-state index in [9.17, 15) is 13.6 Å². The Hall–Kier alpha value is -3.28. The summed E-state index contributed by atoms with van der Waals surface area (Å²) in [6.07, 6.45) is 1.49. The van der Waals surface area contributed by atoms with E-state index in [2.05, 4.69) is 15.5 Å². The van der Waals surface area contributed by atoms with E-state index in [1.807, 2.05) is 41.8 Å². The van der Waals surface area contributed by atoms with Crippen LogP contribution in [0.1, 0.15) is 11.3 Å². The summed E-state index contributed by atoms with van der Waals surface area (Å²) in [7, 11) is -4.25. The van der Waals surface area contributed by atoms with Gasteiger partial charge in [0.05, 0.1) is 4.90 Å². The third kappa shape index (κ3) is 4.17. The summed E-state index contributed by atoms with van der Waals surface area (Å²) in [5.74, 6) is 0. The lowest BCUT2D eigenvalue weighted by atomic mass is 10.2. The van der Waals surface area contributed by atoms with E-state index >= 15 is 0 Å². The molecule has 0 aliphatic rings. The Kier molecular flexibility index (Phi) is 5.24. The van der Waals surface area contributed by atoms with Gasteiger partial charge in [-0.05, 0) is 29.8 Å². The number of hydrogen-bond donors (Lipinski definition) is 2. The molecule has 0 spiro atoms. The van der Waals surface area contributed by atoms with Gasteiger partial charge in [-0.3, -0.25) is 4.55 Å². The molecular weight excluding hydrogens is 426 g/mol. The summed E-state index contributed by atoms with van der Waals surface area (Å²) in [6, 6.07) is 15.4. The van der Waals surface area contributed by atoms with Gasteiger partial charge in [-0.15, -0.1) is 10.2 Å². The zero-order chi connectivity index (χ0) is 21.3. The first-order chi connectivity index (χ1) is 14.3. The molecule has 2 heterocycles. The summed E-state index contributed by atoms with van der Waals surface area (Å²) in [4.78, 5) is -0.200. The highest BCUT2D eigenvalue weighted by Crippen LogP contribution is 2.29. The molecule has 0 atom stereocenters. The highest BCUT2D eigenvalue weighted by atomic mass is 32.2. The van der Waals surface area contributed by atoms with Crippen molar-refractivity contribution in [3.05, 3.63) is 77.4 Å². The van der Waals surface area contributed by atoms with Crippen LogP contribution in [-0.4, -0.2) is 27.7 Å². The maximum absolute atomic E-state index is 12.5. The van der Waals surface area contributed by atoms with Crippen molar-refractivity contribution in [2.24, 2.45) is 0 Å². The predicted octanol–water partition coefficient (Wildman–Crippen LogP) is 2.99. The fraction of sp³-hybridized carbons (Fsp3) is 0.105. The van der Waals surface area contributed by atoms with Crippen molar-refractivity contribution in [3.8, 4) is 10.7 Å². The van der Waals surface area contributed by atoms with E-state index in [-0.39, 0.29) is 4.90 Å². The zero-order valence-corrected chi connectivity index (χ0v) is 17.4. The molecule has 4 aromatic rings. The summed E-state index contributed by atoms with van der Waals surface area (Å²) in [5, 5.41) is 24.6. The fourth-order valence-corrected chi connectivity index (χ4v) is 4.29. The third-order valence-electron chi connectivity index (χ3n) is 4.46. The van der Waals surface area contributed by atoms with E-state index in [0.29, 0.717) is 28.1 Å². The van der Waals surface area contributed by atoms with Gasteiger partial charge < -0.3 is 10.5 Å². The van der Waals surface area contributed by atoms with E-state index in [1.54, 1.807) is 0 Å². The van der Waals surface area contributed by atoms with Crippen molar-refractivity contribution < 1.29 is 17.7 Å². The molecule has 0 bridgehead atoms. The number of anilines is 2. The molecule has 0 radical (unpaired) electrons. The van der Waals surface area contributed by atoms with Crippen molar-refractivity contribution in [2.75, 3.05) is 5.32 Å². The average molecular weight is 444 g/mol.